The Morgan fingerprint density at radius 2 is 1.68 bits per heavy atom. The minimum atomic E-state index is 0. The van der Waals surface area contributed by atoms with E-state index in [1.165, 1.54) is 22.3 Å². The molecule has 0 aromatic heterocycles. The van der Waals surface area contributed by atoms with Crippen molar-refractivity contribution in [3.05, 3.63) is 53.1 Å². The van der Waals surface area contributed by atoms with E-state index in [9.17, 15) is 0 Å². The molecule has 0 amide bonds. The van der Waals surface area contributed by atoms with Gasteiger partial charge in [0.1, 0.15) is 0 Å². The fourth-order valence-electron chi connectivity index (χ4n) is 1.81. The van der Waals surface area contributed by atoms with Gasteiger partial charge in [0.25, 0.3) is 0 Å². The van der Waals surface area contributed by atoms with Crippen molar-refractivity contribution in [1.82, 2.24) is 0 Å². The summed E-state index contributed by atoms with van der Waals surface area (Å²) in [6.07, 6.45) is 3.35. The summed E-state index contributed by atoms with van der Waals surface area (Å²) >= 11 is 0. The number of aliphatic hydroxyl groups excluding tert-OH is 1. The second-order valence-corrected chi connectivity index (χ2v) is 6.32. The molecule has 0 saturated carbocycles. The van der Waals surface area contributed by atoms with Gasteiger partial charge < -0.3 is 29.9 Å². The van der Waals surface area contributed by atoms with E-state index in [0.717, 1.165) is 6.42 Å². The summed E-state index contributed by atoms with van der Waals surface area (Å²) in [5.74, 6) is 0. The first-order chi connectivity index (χ1) is 8.83. The zero-order chi connectivity index (χ0) is 14.5. The zero-order valence-corrected chi connectivity index (χ0v) is 17.1. The Hall–Kier alpha value is -0.0457. The average Bonchev–Trinajstić information content (AvgIpc) is 2.69. The van der Waals surface area contributed by atoms with E-state index in [-0.39, 0.29) is 58.6 Å². The molecule has 0 spiro atoms. The van der Waals surface area contributed by atoms with Crippen LogP contribution in [0.5, 0.6) is 0 Å². The number of rotatable bonds is 1. The fourth-order valence-corrected chi connectivity index (χ4v) is 1.81. The SMILES string of the molecule is CC(C)(C)CO.CC1=CC(C)=C(c2[c-]cccc2)C1.[Cl-].[Cl-].[Ti+3]. The van der Waals surface area contributed by atoms with Crippen molar-refractivity contribution in [1.29, 1.82) is 0 Å². The molecule has 0 atom stereocenters. The molecule has 0 saturated heterocycles. The Morgan fingerprint density at radius 1 is 1.14 bits per heavy atom. The molecule has 0 bridgehead atoms. The minimum absolute atomic E-state index is 0. The van der Waals surface area contributed by atoms with Crippen LogP contribution in [-0.2, 0) is 21.7 Å². The summed E-state index contributed by atoms with van der Waals surface area (Å²) in [7, 11) is 0. The summed E-state index contributed by atoms with van der Waals surface area (Å²) in [5, 5.41) is 8.40. The van der Waals surface area contributed by atoms with E-state index in [1.54, 1.807) is 0 Å². The van der Waals surface area contributed by atoms with Gasteiger partial charge in [0.15, 0.2) is 0 Å². The first kappa shape index (κ1) is 26.8. The Labute approximate surface area is 163 Å². The number of aliphatic hydroxyl groups is 1. The Morgan fingerprint density at radius 3 is 2.00 bits per heavy atom. The number of benzene rings is 1. The molecule has 0 heterocycles. The van der Waals surface area contributed by atoms with Gasteiger partial charge >= 0.3 is 21.7 Å². The predicted molar refractivity (Wildman–Crippen MR) is 82.8 cm³/mol. The molecule has 1 nitrogen and oxygen atoms in total. The monoisotopic (exact) mass is 375 g/mol. The molecule has 4 heteroatoms. The second-order valence-electron chi connectivity index (χ2n) is 6.32. The minimum Gasteiger partial charge on any atom is -1.00 e. The first-order valence-electron chi connectivity index (χ1n) is 6.78. The van der Waals surface area contributed by atoms with Crippen LogP contribution in [0.4, 0.5) is 0 Å². The molecule has 22 heavy (non-hydrogen) atoms. The van der Waals surface area contributed by atoms with Gasteiger partial charge in [-0.1, -0.05) is 38.0 Å². The van der Waals surface area contributed by atoms with Crippen LogP contribution in [0.2, 0.25) is 0 Å². The van der Waals surface area contributed by atoms with Crippen LogP contribution in [0.15, 0.2) is 41.5 Å². The molecule has 1 N–H and O–H groups in total. The Kier molecular flexibility index (Phi) is 15.1. The first-order valence-corrected chi connectivity index (χ1v) is 6.78. The van der Waals surface area contributed by atoms with Gasteiger partial charge in [0.05, 0.1) is 0 Å². The molecule has 1 aliphatic rings. The van der Waals surface area contributed by atoms with Gasteiger partial charge in [-0.15, -0.1) is 41.5 Å². The Balaban J connectivity index is -0.000000355. The van der Waals surface area contributed by atoms with E-state index < -0.39 is 0 Å². The van der Waals surface area contributed by atoms with E-state index in [1.807, 2.05) is 32.9 Å². The topological polar surface area (TPSA) is 20.2 Å². The number of hydrogen-bond acceptors (Lipinski definition) is 1. The second kappa shape index (κ2) is 12.4. The maximum atomic E-state index is 8.40. The molecular weight excluding hydrogens is 351 g/mol. The molecule has 121 valence electrons. The predicted octanol–water partition coefficient (Wildman–Crippen LogP) is -1.36. The van der Waals surface area contributed by atoms with E-state index >= 15 is 0 Å². The zero-order valence-electron chi connectivity index (χ0n) is 14.0. The van der Waals surface area contributed by atoms with Crippen LogP contribution in [0.25, 0.3) is 5.57 Å². The van der Waals surface area contributed by atoms with Crippen LogP contribution in [0.1, 0.15) is 46.6 Å². The number of halogens is 2. The van der Waals surface area contributed by atoms with Crippen LogP contribution in [0, 0.1) is 11.5 Å². The van der Waals surface area contributed by atoms with Crippen LogP contribution < -0.4 is 24.8 Å². The summed E-state index contributed by atoms with van der Waals surface area (Å²) < 4.78 is 0. The molecule has 0 unspecified atom stereocenters. The quantitative estimate of drug-likeness (QED) is 0.475. The Bertz CT molecular complexity index is 474. The third kappa shape index (κ3) is 9.87. The summed E-state index contributed by atoms with van der Waals surface area (Å²) in [4.78, 5) is 0. The maximum absolute atomic E-state index is 8.40. The molecule has 2 rings (SSSR count). The smallest absolute Gasteiger partial charge is 1.00 e. The maximum Gasteiger partial charge on any atom is 3.00 e. The third-order valence-corrected chi connectivity index (χ3v) is 2.90. The van der Waals surface area contributed by atoms with Crippen molar-refractivity contribution >= 4 is 5.57 Å². The van der Waals surface area contributed by atoms with Gasteiger partial charge in [-0.25, -0.2) is 0 Å². The third-order valence-electron chi connectivity index (χ3n) is 2.90. The van der Waals surface area contributed by atoms with Crippen LogP contribution in [-0.4, -0.2) is 11.7 Å². The summed E-state index contributed by atoms with van der Waals surface area (Å²) in [6, 6.07) is 11.5. The van der Waals surface area contributed by atoms with Crippen LogP contribution >= 0.6 is 0 Å². The normalized spacial score (nSPS) is 12.9. The largest absolute Gasteiger partial charge is 3.00 e. The van der Waals surface area contributed by atoms with Gasteiger partial charge in [-0.3, -0.25) is 0 Å². The van der Waals surface area contributed by atoms with Gasteiger partial charge in [-0.05, 0) is 25.7 Å². The number of hydrogen-bond donors (Lipinski definition) is 1. The summed E-state index contributed by atoms with van der Waals surface area (Å²) in [6.45, 7) is 10.6. The van der Waals surface area contributed by atoms with Gasteiger partial charge in [-0.2, -0.15) is 0 Å². The number of allylic oxidation sites excluding steroid dienone is 4. The van der Waals surface area contributed by atoms with Crippen molar-refractivity contribution < 1.29 is 51.6 Å². The van der Waals surface area contributed by atoms with E-state index in [4.69, 9.17) is 5.11 Å². The molecule has 0 fully saturated rings. The van der Waals surface area contributed by atoms with Crippen molar-refractivity contribution in [3.63, 3.8) is 0 Å². The molecule has 1 aliphatic carbocycles. The molecule has 1 aromatic carbocycles. The van der Waals surface area contributed by atoms with E-state index in [0.29, 0.717) is 0 Å². The molecule has 1 radical (unpaired) electrons. The summed E-state index contributed by atoms with van der Waals surface area (Å²) in [5.41, 5.74) is 5.61. The van der Waals surface area contributed by atoms with Crippen molar-refractivity contribution in [3.8, 4) is 0 Å². The molecule has 1 aromatic rings. The van der Waals surface area contributed by atoms with Crippen molar-refractivity contribution in [2.45, 2.75) is 41.0 Å². The van der Waals surface area contributed by atoms with Gasteiger partial charge in [0, 0.05) is 6.61 Å². The van der Waals surface area contributed by atoms with Crippen LogP contribution in [0.3, 0.4) is 0 Å². The van der Waals surface area contributed by atoms with Crippen molar-refractivity contribution in [2.24, 2.45) is 5.41 Å². The van der Waals surface area contributed by atoms with Gasteiger partial charge in [0.2, 0.25) is 0 Å². The van der Waals surface area contributed by atoms with E-state index in [2.05, 4.69) is 38.1 Å². The fraction of sp³-hybridized carbons (Fsp3) is 0.444. The molecule has 0 aliphatic heterocycles. The van der Waals surface area contributed by atoms with Crippen molar-refractivity contribution in [2.75, 3.05) is 6.61 Å². The average molecular weight is 376 g/mol. The standard InChI is InChI=1S/C13H13.C5H12O.2ClH.Ti/c1-10-8-11(2)13(9-10)12-6-4-3-5-7-12;1-5(2,3)4-6;;;/h3-6,8H,9H2,1-2H3;6H,4H2,1-3H3;2*1H;/q-1;;;;+3/p-2. The molecular formula is C18H25Cl2OTi.